The number of pyridine rings is 1. The first kappa shape index (κ1) is 21.0. The van der Waals surface area contributed by atoms with Crippen LogP contribution < -0.4 is 15.8 Å². The fraction of sp³-hybridized carbons (Fsp3) is 0.667. The SMILES string of the molecule is CC(C)CNC(N)=NCc1ccnc(OC2CCC(C)CC2)c1.I. The van der Waals surface area contributed by atoms with Crippen molar-refractivity contribution in [2.45, 2.75) is 59.1 Å². The fourth-order valence-corrected chi connectivity index (χ4v) is 2.67. The Balaban J connectivity index is 0.00000288. The van der Waals surface area contributed by atoms with E-state index in [-0.39, 0.29) is 24.0 Å². The molecule has 1 fully saturated rings. The quantitative estimate of drug-likeness (QED) is 0.397. The molecule has 2 rings (SSSR count). The Labute approximate surface area is 162 Å². The Morgan fingerprint density at radius 2 is 2.08 bits per heavy atom. The van der Waals surface area contributed by atoms with Crippen molar-refractivity contribution in [2.75, 3.05) is 6.54 Å². The molecule has 24 heavy (non-hydrogen) atoms. The van der Waals surface area contributed by atoms with Gasteiger partial charge in [0, 0.05) is 18.8 Å². The van der Waals surface area contributed by atoms with Crippen molar-refractivity contribution in [3.05, 3.63) is 23.9 Å². The number of halogens is 1. The normalized spacial score (nSPS) is 21.2. The zero-order valence-corrected chi connectivity index (χ0v) is 17.3. The third-order valence-corrected chi connectivity index (χ3v) is 4.17. The van der Waals surface area contributed by atoms with E-state index in [0.29, 0.717) is 30.4 Å². The van der Waals surface area contributed by atoms with Crippen LogP contribution in [0.5, 0.6) is 5.88 Å². The average molecular weight is 446 g/mol. The maximum Gasteiger partial charge on any atom is 0.213 e. The van der Waals surface area contributed by atoms with Gasteiger partial charge in [-0.15, -0.1) is 24.0 Å². The lowest BCUT2D eigenvalue weighted by molar-refractivity contribution is 0.130. The molecule has 0 aromatic carbocycles. The van der Waals surface area contributed by atoms with Gasteiger partial charge < -0.3 is 15.8 Å². The molecule has 1 saturated carbocycles. The molecular formula is C18H31IN4O. The summed E-state index contributed by atoms with van der Waals surface area (Å²) in [5, 5.41) is 3.12. The monoisotopic (exact) mass is 446 g/mol. The number of nitrogens with two attached hydrogens (primary N) is 1. The van der Waals surface area contributed by atoms with Gasteiger partial charge in [-0.05, 0) is 49.1 Å². The van der Waals surface area contributed by atoms with Crippen LogP contribution in [0.1, 0.15) is 52.0 Å². The van der Waals surface area contributed by atoms with E-state index in [0.717, 1.165) is 30.9 Å². The van der Waals surface area contributed by atoms with Gasteiger partial charge in [-0.1, -0.05) is 20.8 Å². The van der Waals surface area contributed by atoms with Gasteiger partial charge in [0.25, 0.3) is 0 Å². The summed E-state index contributed by atoms with van der Waals surface area (Å²) in [5.41, 5.74) is 6.93. The molecule has 0 unspecified atom stereocenters. The van der Waals surface area contributed by atoms with Crippen LogP contribution in [0.3, 0.4) is 0 Å². The zero-order valence-electron chi connectivity index (χ0n) is 15.0. The van der Waals surface area contributed by atoms with Gasteiger partial charge in [0.1, 0.15) is 6.10 Å². The van der Waals surface area contributed by atoms with Gasteiger partial charge in [-0.2, -0.15) is 0 Å². The molecule has 3 N–H and O–H groups in total. The van der Waals surface area contributed by atoms with Crippen LogP contribution >= 0.6 is 24.0 Å². The van der Waals surface area contributed by atoms with Crippen LogP contribution in [0, 0.1) is 11.8 Å². The van der Waals surface area contributed by atoms with E-state index in [1.807, 2.05) is 12.1 Å². The summed E-state index contributed by atoms with van der Waals surface area (Å²) in [5.74, 6) is 2.55. The molecule has 0 aliphatic heterocycles. The number of guanidine groups is 1. The number of nitrogens with one attached hydrogen (secondary N) is 1. The maximum absolute atomic E-state index is 6.02. The summed E-state index contributed by atoms with van der Waals surface area (Å²) in [6.07, 6.45) is 6.81. The number of rotatable bonds is 6. The Morgan fingerprint density at radius 1 is 1.38 bits per heavy atom. The molecule has 0 radical (unpaired) electrons. The molecule has 0 bridgehead atoms. The maximum atomic E-state index is 6.02. The highest BCUT2D eigenvalue weighted by Gasteiger charge is 2.19. The Kier molecular flexibility index (Phi) is 9.39. The molecule has 136 valence electrons. The van der Waals surface area contributed by atoms with E-state index in [9.17, 15) is 0 Å². The molecule has 0 spiro atoms. The topological polar surface area (TPSA) is 72.5 Å². The minimum atomic E-state index is 0. The standard InChI is InChI=1S/C18H30N4O.HI/c1-13(2)11-21-18(19)22-12-15-8-9-20-17(10-15)23-16-6-4-14(3)5-7-16;/h8-10,13-14,16H,4-7,11-12H2,1-3H3,(H3,19,21,22);1H. The Morgan fingerprint density at radius 3 is 2.75 bits per heavy atom. The van der Waals surface area contributed by atoms with Gasteiger partial charge in [-0.3, -0.25) is 0 Å². The van der Waals surface area contributed by atoms with Crippen molar-refractivity contribution in [3.8, 4) is 5.88 Å². The minimum Gasteiger partial charge on any atom is -0.474 e. The molecule has 0 saturated heterocycles. The van der Waals surface area contributed by atoms with Crippen molar-refractivity contribution in [1.82, 2.24) is 10.3 Å². The second-order valence-electron chi connectivity index (χ2n) is 6.98. The smallest absolute Gasteiger partial charge is 0.213 e. The summed E-state index contributed by atoms with van der Waals surface area (Å²) in [6, 6.07) is 3.92. The lowest BCUT2D eigenvalue weighted by Crippen LogP contribution is -2.34. The Bertz CT molecular complexity index is 513. The van der Waals surface area contributed by atoms with Crippen molar-refractivity contribution in [1.29, 1.82) is 0 Å². The second kappa shape index (κ2) is 10.7. The second-order valence-corrected chi connectivity index (χ2v) is 6.98. The van der Waals surface area contributed by atoms with Gasteiger partial charge in [0.15, 0.2) is 5.96 Å². The number of hydrogen-bond donors (Lipinski definition) is 2. The predicted octanol–water partition coefficient (Wildman–Crippen LogP) is 3.72. The van der Waals surface area contributed by atoms with Crippen LogP contribution in [-0.4, -0.2) is 23.6 Å². The molecule has 1 heterocycles. The van der Waals surface area contributed by atoms with E-state index >= 15 is 0 Å². The predicted molar refractivity (Wildman–Crippen MR) is 110 cm³/mol. The third kappa shape index (κ3) is 7.68. The number of nitrogens with zero attached hydrogens (tertiary/aromatic N) is 2. The zero-order chi connectivity index (χ0) is 16.7. The number of aromatic nitrogens is 1. The molecule has 1 aromatic heterocycles. The third-order valence-electron chi connectivity index (χ3n) is 4.17. The van der Waals surface area contributed by atoms with E-state index in [4.69, 9.17) is 10.5 Å². The highest BCUT2D eigenvalue weighted by Crippen LogP contribution is 2.26. The largest absolute Gasteiger partial charge is 0.474 e. The molecular weight excluding hydrogens is 415 g/mol. The van der Waals surface area contributed by atoms with Crippen molar-refractivity contribution in [3.63, 3.8) is 0 Å². The van der Waals surface area contributed by atoms with E-state index < -0.39 is 0 Å². The Hall–Kier alpha value is -1.05. The van der Waals surface area contributed by atoms with Crippen LogP contribution in [0.2, 0.25) is 0 Å². The minimum absolute atomic E-state index is 0. The molecule has 5 nitrogen and oxygen atoms in total. The summed E-state index contributed by atoms with van der Waals surface area (Å²) in [7, 11) is 0. The van der Waals surface area contributed by atoms with E-state index in [2.05, 4.69) is 36.1 Å². The first-order chi connectivity index (χ1) is 11.0. The van der Waals surface area contributed by atoms with Gasteiger partial charge >= 0.3 is 0 Å². The first-order valence-electron chi connectivity index (χ1n) is 8.68. The molecule has 1 aliphatic carbocycles. The summed E-state index contributed by atoms with van der Waals surface area (Å²) in [6.45, 7) is 7.96. The first-order valence-corrected chi connectivity index (χ1v) is 8.68. The van der Waals surface area contributed by atoms with Gasteiger partial charge in [0.2, 0.25) is 5.88 Å². The lowest BCUT2D eigenvalue weighted by atomic mass is 9.89. The molecule has 0 atom stereocenters. The summed E-state index contributed by atoms with van der Waals surface area (Å²) < 4.78 is 6.02. The number of hydrogen-bond acceptors (Lipinski definition) is 3. The van der Waals surface area contributed by atoms with Crippen LogP contribution in [0.25, 0.3) is 0 Å². The fourth-order valence-electron chi connectivity index (χ4n) is 2.67. The highest BCUT2D eigenvalue weighted by atomic mass is 127. The van der Waals surface area contributed by atoms with Crippen molar-refractivity contribution < 1.29 is 4.74 Å². The highest BCUT2D eigenvalue weighted by molar-refractivity contribution is 14.0. The van der Waals surface area contributed by atoms with Crippen LogP contribution in [-0.2, 0) is 6.54 Å². The van der Waals surface area contributed by atoms with Crippen molar-refractivity contribution in [2.24, 2.45) is 22.6 Å². The summed E-state index contributed by atoms with van der Waals surface area (Å²) in [4.78, 5) is 8.69. The average Bonchev–Trinajstić information content (AvgIpc) is 2.53. The molecule has 1 aromatic rings. The lowest BCUT2D eigenvalue weighted by Gasteiger charge is -2.26. The molecule has 0 amide bonds. The summed E-state index contributed by atoms with van der Waals surface area (Å²) >= 11 is 0. The van der Waals surface area contributed by atoms with Crippen LogP contribution in [0.4, 0.5) is 0 Å². The van der Waals surface area contributed by atoms with Gasteiger partial charge in [0.05, 0.1) is 6.54 Å². The van der Waals surface area contributed by atoms with Crippen LogP contribution in [0.15, 0.2) is 23.3 Å². The van der Waals surface area contributed by atoms with E-state index in [1.54, 1.807) is 6.20 Å². The molecule has 6 heteroatoms. The number of aliphatic imine (C=N–C) groups is 1. The molecule has 1 aliphatic rings. The van der Waals surface area contributed by atoms with E-state index in [1.165, 1.54) is 12.8 Å². The number of ether oxygens (including phenoxy) is 1. The van der Waals surface area contributed by atoms with Gasteiger partial charge in [-0.25, -0.2) is 9.98 Å². The van der Waals surface area contributed by atoms with Crippen molar-refractivity contribution >= 4 is 29.9 Å².